The Kier molecular flexibility index (Phi) is 8.06. The Morgan fingerprint density at radius 1 is 1.31 bits per heavy atom. The van der Waals surface area contributed by atoms with Crippen molar-refractivity contribution in [3.63, 3.8) is 0 Å². The lowest BCUT2D eigenvalue weighted by molar-refractivity contribution is -0.139. The van der Waals surface area contributed by atoms with Crippen LogP contribution in [0.3, 0.4) is 0 Å². The molecule has 0 bridgehead atoms. The van der Waals surface area contributed by atoms with Gasteiger partial charge < -0.3 is 14.6 Å². The van der Waals surface area contributed by atoms with Crippen LogP contribution in [0.1, 0.15) is 44.9 Å². The van der Waals surface area contributed by atoms with Gasteiger partial charge in [0, 0.05) is 10.0 Å². The van der Waals surface area contributed by atoms with Crippen LogP contribution in [0.25, 0.3) is 6.08 Å². The average molecular weight is 683 g/mol. The summed E-state index contributed by atoms with van der Waals surface area (Å²) in [6.07, 6.45) is 1.66. The van der Waals surface area contributed by atoms with Crippen LogP contribution >= 0.6 is 49.9 Å². The normalized spacial score (nSPS) is 15.6. The molecule has 1 atom stereocenters. The number of hydrogen-bond acceptors (Lipinski definition) is 7. The first kappa shape index (κ1) is 26.6. The third kappa shape index (κ3) is 5.30. The minimum Gasteiger partial charge on any atom is -0.506 e. The molecule has 3 aromatic rings. The number of carbonyl (C=O) groups is 1. The van der Waals surface area contributed by atoms with E-state index in [2.05, 4.69) is 20.9 Å². The molecule has 0 fully saturated rings. The van der Waals surface area contributed by atoms with Crippen LogP contribution in [0.4, 0.5) is 0 Å². The molecule has 2 heterocycles. The molecule has 0 radical (unpaired) electrons. The van der Waals surface area contributed by atoms with E-state index in [1.54, 1.807) is 32.1 Å². The Balaban J connectivity index is 1.93. The molecular formula is C26H24BrIN2O5S. The molecule has 0 aliphatic carbocycles. The molecule has 0 spiro atoms. The number of rotatable bonds is 6. The summed E-state index contributed by atoms with van der Waals surface area (Å²) < 4.78 is 14.5. The van der Waals surface area contributed by atoms with Crippen LogP contribution in [0.2, 0.25) is 0 Å². The van der Waals surface area contributed by atoms with Crippen molar-refractivity contribution >= 4 is 61.9 Å². The van der Waals surface area contributed by atoms with Crippen molar-refractivity contribution in [3.05, 3.63) is 86.5 Å². The fourth-order valence-electron chi connectivity index (χ4n) is 3.94. The smallest absolute Gasteiger partial charge is 0.338 e. The van der Waals surface area contributed by atoms with Crippen LogP contribution in [0.5, 0.6) is 11.5 Å². The Morgan fingerprint density at radius 3 is 2.64 bits per heavy atom. The van der Waals surface area contributed by atoms with E-state index in [1.165, 1.54) is 15.9 Å². The van der Waals surface area contributed by atoms with Crippen LogP contribution in [-0.2, 0) is 9.53 Å². The second kappa shape index (κ2) is 10.9. The van der Waals surface area contributed by atoms with Crippen molar-refractivity contribution in [3.8, 4) is 11.5 Å². The molecule has 188 valence electrons. The SMILES string of the molecule is CCOC(=O)C1=C(C)N=c2s/c(=C\c3cc(Br)cc(I)c3O)c(=O)n2[C@H]1c1ccc(OC(C)C)cc1. The number of aromatic hydroxyl groups is 1. The van der Waals surface area contributed by atoms with E-state index in [0.717, 1.165) is 10.0 Å². The third-order valence-corrected chi connectivity index (χ3v) is 7.69. The van der Waals surface area contributed by atoms with Gasteiger partial charge in [-0.3, -0.25) is 9.36 Å². The number of hydrogen-bond donors (Lipinski definition) is 1. The summed E-state index contributed by atoms with van der Waals surface area (Å²) in [6, 6.07) is 10.2. The first-order valence-corrected chi connectivity index (χ1v) is 13.9. The molecular weight excluding hydrogens is 659 g/mol. The number of nitrogens with zero attached hydrogens (tertiary/aromatic N) is 2. The summed E-state index contributed by atoms with van der Waals surface area (Å²) in [5.41, 5.74) is 1.74. The monoisotopic (exact) mass is 682 g/mol. The molecule has 10 heteroatoms. The highest BCUT2D eigenvalue weighted by Gasteiger charge is 2.33. The predicted octanol–water partition coefficient (Wildman–Crippen LogP) is 4.66. The number of phenolic OH excluding ortho intramolecular Hbond substituents is 1. The molecule has 1 aliphatic heterocycles. The Morgan fingerprint density at radius 2 is 2.00 bits per heavy atom. The third-order valence-electron chi connectivity index (χ3n) is 5.43. The number of aromatic nitrogens is 1. The van der Waals surface area contributed by atoms with E-state index in [1.807, 2.05) is 60.7 Å². The van der Waals surface area contributed by atoms with Crippen LogP contribution in [0, 0.1) is 3.57 Å². The molecule has 36 heavy (non-hydrogen) atoms. The van der Waals surface area contributed by atoms with Crippen molar-refractivity contribution in [1.82, 2.24) is 4.57 Å². The molecule has 0 amide bonds. The topological polar surface area (TPSA) is 90.1 Å². The van der Waals surface area contributed by atoms with E-state index in [9.17, 15) is 14.7 Å². The zero-order valence-corrected chi connectivity index (χ0v) is 24.6. The lowest BCUT2D eigenvalue weighted by Gasteiger charge is -2.25. The van der Waals surface area contributed by atoms with E-state index >= 15 is 0 Å². The Hall–Kier alpha value is -2.44. The second-order valence-corrected chi connectivity index (χ2v) is 11.5. The van der Waals surface area contributed by atoms with Gasteiger partial charge in [-0.1, -0.05) is 39.4 Å². The molecule has 0 unspecified atom stereocenters. The van der Waals surface area contributed by atoms with Crippen molar-refractivity contribution in [2.24, 2.45) is 4.99 Å². The summed E-state index contributed by atoms with van der Waals surface area (Å²) in [7, 11) is 0. The zero-order valence-electron chi connectivity index (χ0n) is 20.0. The lowest BCUT2D eigenvalue weighted by atomic mass is 9.96. The number of benzene rings is 2. The fraction of sp³-hybridized carbons (Fsp3) is 0.269. The Labute approximate surface area is 234 Å². The van der Waals surface area contributed by atoms with Gasteiger partial charge in [0.25, 0.3) is 5.56 Å². The van der Waals surface area contributed by atoms with Crippen molar-refractivity contribution in [2.45, 2.75) is 39.8 Å². The van der Waals surface area contributed by atoms with Gasteiger partial charge in [-0.05, 0) is 86.2 Å². The summed E-state index contributed by atoms with van der Waals surface area (Å²) in [5, 5.41) is 10.5. The lowest BCUT2D eigenvalue weighted by Crippen LogP contribution is -2.39. The Bertz CT molecular complexity index is 1540. The van der Waals surface area contributed by atoms with Crippen molar-refractivity contribution < 1.29 is 19.4 Å². The first-order chi connectivity index (χ1) is 17.1. The second-order valence-electron chi connectivity index (χ2n) is 8.36. The first-order valence-electron chi connectivity index (χ1n) is 11.2. The molecule has 7 nitrogen and oxygen atoms in total. The summed E-state index contributed by atoms with van der Waals surface area (Å²) in [6.45, 7) is 7.58. The number of carbonyl (C=O) groups excluding carboxylic acids is 1. The van der Waals surface area contributed by atoms with Crippen molar-refractivity contribution in [1.29, 1.82) is 0 Å². The molecule has 4 rings (SSSR count). The van der Waals surface area contributed by atoms with E-state index in [4.69, 9.17) is 9.47 Å². The zero-order chi connectivity index (χ0) is 26.1. The van der Waals surface area contributed by atoms with Gasteiger partial charge >= 0.3 is 5.97 Å². The maximum atomic E-state index is 13.7. The fourth-order valence-corrected chi connectivity index (χ4v) is 6.53. The average Bonchev–Trinajstić information content (AvgIpc) is 3.11. The van der Waals surface area contributed by atoms with Gasteiger partial charge in [0.15, 0.2) is 4.80 Å². The molecule has 0 saturated carbocycles. The highest BCUT2D eigenvalue weighted by atomic mass is 127. The number of halogens is 2. The number of phenols is 1. The molecule has 1 aliphatic rings. The van der Waals surface area contributed by atoms with E-state index in [-0.39, 0.29) is 24.0 Å². The highest BCUT2D eigenvalue weighted by Crippen LogP contribution is 2.32. The molecule has 0 saturated heterocycles. The number of esters is 1. The van der Waals surface area contributed by atoms with Gasteiger partial charge in [-0.2, -0.15) is 0 Å². The number of thiazole rings is 1. The minimum absolute atomic E-state index is 0.0169. The summed E-state index contributed by atoms with van der Waals surface area (Å²) >= 11 is 6.68. The van der Waals surface area contributed by atoms with E-state index in [0.29, 0.717) is 35.5 Å². The maximum Gasteiger partial charge on any atom is 0.338 e. The van der Waals surface area contributed by atoms with Crippen LogP contribution in [-0.4, -0.2) is 28.4 Å². The van der Waals surface area contributed by atoms with Gasteiger partial charge in [0.2, 0.25) is 0 Å². The standard InChI is InChI=1S/C26H24BrIN2O5S/c1-5-34-25(33)21-14(4)29-26-30(22(21)15-6-8-18(9-7-15)35-13(2)3)24(32)20(36-26)11-16-10-17(27)12-19(28)23(16)31/h6-13,22,31H,5H2,1-4H3/b20-11-/t22-/m0/s1. The minimum atomic E-state index is -0.716. The largest absolute Gasteiger partial charge is 0.506 e. The van der Waals surface area contributed by atoms with Crippen molar-refractivity contribution in [2.75, 3.05) is 6.61 Å². The van der Waals surface area contributed by atoms with Crippen LogP contribution < -0.4 is 19.6 Å². The van der Waals surface area contributed by atoms with E-state index < -0.39 is 12.0 Å². The van der Waals surface area contributed by atoms with Crippen LogP contribution in [0.15, 0.2) is 61.9 Å². The molecule has 2 aromatic carbocycles. The van der Waals surface area contributed by atoms with Gasteiger partial charge in [-0.15, -0.1) is 0 Å². The predicted molar refractivity (Wildman–Crippen MR) is 151 cm³/mol. The van der Waals surface area contributed by atoms with Gasteiger partial charge in [-0.25, -0.2) is 9.79 Å². The summed E-state index contributed by atoms with van der Waals surface area (Å²) in [5.74, 6) is 0.268. The molecule has 1 N–H and O–H groups in total. The van der Waals surface area contributed by atoms with Gasteiger partial charge in [0.1, 0.15) is 11.5 Å². The number of allylic oxidation sites excluding steroid dienone is 1. The summed E-state index contributed by atoms with van der Waals surface area (Å²) in [4.78, 5) is 31.8. The number of fused-ring (bicyclic) bond motifs is 1. The highest BCUT2D eigenvalue weighted by molar-refractivity contribution is 14.1. The maximum absolute atomic E-state index is 13.7. The quantitative estimate of drug-likeness (QED) is 0.302. The van der Waals surface area contributed by atoms with Gasteiger partial charge in [0.05, 0.1) is 38.1 Å². The molecule has 1 aromatic heterocycles. The number of ether oxygens (including phenoxy) is 2.